The largest absolute Gasteiger partial charge is 0.487 e. The summed E-state index contributed by atoms with van der Waals surface area (Å²) >= 11 is 5.96. The Morgan fingerprint density at radius 2 is 2.25 bits per heavy atom. The average Bonchev–Trinajstić information content (AvgIpc) is 2.46. The summed E-state index contributed by atoms with van der Waals surface area (Å²) in [5.41, 5.74) is 3.22. The van der Waals surface area contributed by atoms with Gasteiger partial charge in [0.25, 0.3) is 0 Å². The van der Waals surface area contributed by atoms with Crippen LogP contribution in [-0.2, 0) is 11.3 Å². The third-order valence-corrected chi connectivity index (χ3v) is 3.41. The molecule has 0 amide bonds. The standard InChI is InChI=1S/C16H15ClN2O/c1-19-7-3-6-15-16(19)9-14(10-18-15)20-11-12-4-2-5-13(17)8-12/h2-10,18H,11H2,1H3. The lowest BCUT2D eigenvalue weighted by atomic mass is 10.1. The smallest absolute Gasteiger partial charge is 0.137 e. The fourth-order valence-electron chi connectivity index (χ4n) is 2.13. The zero-order chi connectivity index (χ0) is 13.9. The SMILES string of the molecule is CN1C=CC=C2NC=C(OCc3cccc(Cl)c3)C=C21. The molecule has 3 nitrogen and oxygen atoms in total. The van der Waals surface area contributed by atoms with Crippen LogP contribution in [0.4, 0.5) is 0 Å². The lowest BCUT2D eigenvalue weighted by Gasteiger charge is -2.27. The van der Waals surface area contributed by atoms with E-state index in [0.29, 0.717) is 6.61 Å². The number of likely N-dealkylation sites (N-methyl/N-ethyl adjacent to an activating group) is 1. The van der Waals surface area contributed by atoms with Gasteiger partial charge in [0.05, 0.1) is 11.4 Å². The molecule has 1 aromatic carbocycles. The fourth-order valence-corrected chi connectivity index (χ4v) is 2.34. The number of ether oxygens (including phenoxy) is 1. The van der Waals surface area contributed by atoms with Gasteiger partial charge in [-0.25, -0.2) is 0 Å². The summed E-state index contributed by atoms with van der Waals surface area (Å²) < 4.78 is 5.81. The molecule has 0 saturated carbocycles. The number of benzene rings is 1. The molecular weight excluding hydrogens is 272 g/mol. The van der Waals surface area contributed by atoms with Gasteiger partial charge < -0.3 is 15.0 Å². The van der Waals surface area contributed by atoms with Crippen LogP contribution in [0, 0.1) is 0 Å². The van der Waals surface area contributed by atoms with E-state index in [1.54, 1.807) is 0 Å². The number of hydrogen-bond acceptors (Lipinski definition) is 3. The monoisotopic (exact) mass is 286 g/mol. The Morgan fingerprint density at radius 3 is 3.10 bits per heavy atom. The maximum Gasteiger partial charge on any atom is 0.137 e. The minimum Gasteiger partial charge on any atom is -0.487 e. The minimum atomic E-state index is 0.496. The molecule has 0 bridgehead atoms. The van der Waals surface area contributed by atoms with E-state index in [9.17, 15) is 0 Å². The number of halogens is 1. The molecule has 0 atom stereocenters. The van der Waals surface area contributed by atoms with Crippen LogP contribution >= 0.6 is 11.6 Å². The maximum atomic E-state index is 5.96. The van der Waals surface area contributed by atoms with E-state index in [0.717, 1.165) is 27.7 Å². The minimum absolute atomic E-state index is 0.496. The van der Waals surface area contributed by atoms with Crippen molar-refractivity contribution in [3.8, 4) is 0 Å². The number of nitrogens with one attached hydrogen (secondary N) is 1. The Bertz CT molecular complexity index is 644. The molecule has 0 unspecified atom stereocenters. The predicted molar refractivity (Wildman–Crippen MR) is 80.5 cm³/mol. The summed E-state index contributed by atoms with van der Waals surface area (Å²) in [5, 5.41) is 3.96. The Kier molecular flexibility index (Phi) is 3.52. The molecule has 3 rings (SSSR count). The highest BCUT2D eigenvalue weighted by atomic mass is 35.5. The molecule has 0 aromatic heterocycles. The first-order valence-corrected chi connectivity index (χ1v) is 6.77. The van der Waals surface area contributed by atoms with E-state index in [2.05, 4.69) is 10.2 Å². The molecule has 0 saturated heterocycles. The van der Waals surface area contributed by atoms with Crippen molar-refractivity contribution in [2.24, 2.45) is 0 Å². The van der Waals surface area contributed by atoms with Crippen molar-refractivity contribution in [3.05, 3.63) is 82.6 Å². The highest BCUT2D eigenvalue weighted by Crippen LogP contribution is 2.23. The molecule has 0 fully saturated rings. The third kappa shape index (κ3) is 2.73. The molecular formula is C16H15ClN2O. The second-order valence-corrected chi connectivity index (χ2v) is 5.11. The molecule has 20 heavy (non-hydrogen) atoms. The number of hydrogen-bond donors (Lipinski definition) is 1. The topological polar surface area (TPSA) is 24.5 Å². The third-order valence-electron chi connectivity index (χ3n) is 3.17. The molecule has 102 valence electrons. The van der Waals surface area contributed by atoms with Crippen LogP contribution in [0.25, 0.3) is 0 Å². The van der Waals surface area contributed by atoms with Gasteiger partial charge in [-0.15, -0.1) is 0 Å². The van der Waals surface area contributed by atoms with Crippen molar-refractivity contribution in [3.63, 3.8) is 0 Å². The maximum absolute atomic E-state index is 5.96. The van der Waals surface area contributed by atoms with Crippen molar-refractivity contribution in [2.75, 3.05) is 7.05 Å². The second-order valence-electron chi connectivity index (χ2n) is 4.67. The summed E-state index contributed by atoms with van der Waals surface area (Å²) in [6.45, 7) is 0.496. The van der Waals surface area contributed by atoms with Crippen molar-refractivity contribution < 1.29 is 4.74 Å². The molecule has 0 spiro atoms. The van der Waals surface area contributed by atoms with Crippen LogP contribution in [0.5, 0.6) is 0 Å². The molecule has 2 aliphatic rings. The molecule has 1 aromatic rings. The Hall–Kier alpha value is -2.13. The zero-order valence-electron chi connectivity index (χ0n) is 11.1. The van der Waals surface area contributed by atoms with Gasteiger partial charge in [-0.1, -0.05) is 23.7 Å². The molecule has 0 radical (unpaired) electrons. The highest BCUT2D eigenvalue weighted by Gasteiger charge is 2.16. The van der Waals surface area contributed by atoms with E-state index in [1.807, 2.05) is 61.9 Å². The van der Waals surface area contributed by atoms with Crippen LogP contribution in [0.1, 0.15) is 5.56 Å². The van der Waals surface area contributed by atoms with Gasteiger partial charge in [0.2, 0.25) is 0 Å². The first kappa shape index (κ1) is 12.9. The number of rotatable bonds is 3. The lowest BCUT2D eigenvalue weighted by molar-refractivity contribution is 0.207. The van der Waals surface area contributed by atoms with Crippen molar-refractivity contribution in [1.29, 1.82) is 0 Å². The van der Waals surface area contributed by atoms with Crippen LogP contribution < -0.4 is 5.32 Å². The highest BCUT2D eigenvalue weighted by molar-refractivity contribution is 6.30. The van der Waals surface area contributed by atoms with Gasteiger partial charge in [-0.2, -0.15) is 0 Å². The van der Waals surface area contributed by atoms with E-state index in [-0.39, 0.29) is 0 Å². The summed E-state index contributed by atoms with van der Waals surface area (Å²) in [7, 11) is 2.01. The van der Waals surface area contributed by atoms with Gasteiger partial charge >= 0.3 is 0 Å². The van der Waals surface area contributed by atoms with E-state index in [1.165, 1.54) is 0 Å². The average molecular weight is 287 g/mol. The number of fused-ring (bicyclic) bond motifs is 1. The van der Waals surface area contributed by atoms with Crippen LogP contribution in [0.2, 0.25) is 5.02 Å². The number of nitrogens with zero attached hydrogens (tertiary/aromatic N) is 1. The Balaban J connectivity index is 1.69. The van der Waals surface area contributed by atoms with E-state index < -0.39 is 0 Å². The van der Waals surface area contributed by atoms with Gasteiger partial charge in [0.1, 0.15) is 12.4 Å². The van der Waals surface area contributed by atoms with Crippen molar-refractivity contribution >= 4 is 11.6 Å². The van der Waals surface area contributed by atoms with Gasteiger partial charge in [0, 0.05) is 30.5 Å². The quantitative estimate of drug-likeness (QED) is 0.920. The van der Waals surface area contributed by atoms with Gasteiger partial charge in [0.15, 0.2) is 0 Å². The predicted octanol–water partition coefficient (Wildman–Crippen LogP) is 3.53. The van der Waals surface area contributed by atoms with Crippen LogP contribution in [0.15, 0.2) is 72.0 Å². The molecule has 2 aliphatic heterocycles. The fraction of sp³-hybridized carbons (Fsp3) is 0.125. The number of allylic oxidation sites excluding steroid dienone is 3. The van der Waals surface area contributed by atoms with E-state index >= 15 is 0 Å². The molecule has 1 N–H and O–H groups in total. The van der Waals surface area contributed by atoms with Gasteiger partial charge in [-0.05, 0) is 29.8 Å². The second kappa shape index (κ2) is 5.47. The summed E-state index contributed by atoms with van der Waals surface area (Å²) in [5.74, 6) is 0.805. The molecule has 0 aliphatic carbocycles. The first-order chi connectivity index (χ1) is 9.72. The summed E-state index contributed by atoms with van der Waals surface area (Å²) in [4.78, 5) is 2.05. The summed E-state index contributed by atoms with van der Waals surface area (Å²) in [6.07, 6.45) is 9.95. The normalized spacial score (nSPS) is 16.7. The van der Waals surface area contributed by atoms with E-state index in [4.69, 9.17) is 16.3 Å². The molecule has 4 heteroatoms. The van der Waals surface area contributed by atoms with Crippen molar-refractivity contribution in [2.45, 2.75) is 6.61 Å². The van der Waals surface area contributed by atoms with Gasteiger partial charge in [-0.3, -0.25) is 0 Å². The Morgan fingerprint density at radius 1 is 1.35 bits per heavy atom. The first-order valence-electron chi connectivity index (χ1n) is 6.40. The summed E-state index contributed by atoms with van der Waals surface area (Å²) in [6, 6.07) is 7.69. The lowest BCUT2D eigenvalue weighted by Crippen LogP contribution is -2.24. The Labute approximate surface area is 123 Å². The van der Waals surface area contributed by atoms with Crippen LogP contribution in [-0.4, -0.2) is 11.9 Å². The van der Waals surface area contributed by atoms with Crippen LogP contribution in [0.3, 0.4) is 0 Å². The number of dihydropyridines is 1. The zero-order valence-corrected chi connectivity index (χ0v) is 11.9. The van der Waals surface area contributed by atoms with Crippen molar-refractivity contribution in [1.82, 2.24) is 10.2 Å². The molecule has 2 heterocycles.